The number of hydrogen-bond donors (Lipinski definition) is 2. The SMILES string of the molecule is Cc1ccc(NC2=Nc3ccccc3C(CC(N)=O)N2CC2CCCCC2)cc1. The summed E-state index contributed by atoms with van der Waals surface area (Å²) in [5.41, 5.74) is 9.87. The van der Waals surface area contributed by atoms with Crippen LogP contribution >= 0.6 is 0 Å². The van der Waals surface area contributed by atoms with Crippen molar-refractivity contribution in [1.29, 1.82) is 0 Å². The molecule has 1 amide bonds. The monoisotopic (exact) mass is 390 g/mol. The number of aryl methyl sites for hydroxylation is 1. The van der Waals surface area contributed by atoms with Crippen molar-refractivity contribution in [1.82, 2.24) is 4.90 Å². The number of nitrogens with zero attached hydrogens (tertiary/aromatic N) is 2. The van der Waals surface area contributed by atoms with Crippen LogP contribution in [0.1, 0.15) is 55.7 Å². The first-order chi connectivity index (χ1) is 14.1. The van der Waals surface area contributed by atoms with Gasteiger partial charge >= 0.3 is 0 Å². The summed E-state index contributed by atoms with van der Waals surface area (Å²) in [6.45, 7) is 2.97. The van der Waals surface area contributed by atoms with Gasteiger partial charge in [0.15, 0.2) is 0 Å². The third-order valence-corrected chi connectivity index (χ3v) is 6.05. The Bertz CT molecular complexity index is 884. The minimum absolute atomic E-state index is 0.0870. The lowest BCUT2D eigenvalue weighted by Crippen LogP contribution is -2.45. The molecular weight excluding hydrogens is 360 g/mol. The zero-order chi connectivity index (χ0) is 20.2. The molecule has 1 unspecified atom stereocenters. The van der Waals surface area contributed by atoms with Gasteiger partial charge in [-0.1, -0.05) is 55.2 Å². The molecule has 1 fully saturated rings. The van der Waals surface area contributed by atoms with Gasteiger partial charge in [-0.15, -0.1) is 0 Å². The Labute approximate surface area is 173 Å². The maximum atomic E-state index is 12.0. The second-order valence-electron chi connectivity index (χ2n) is 8.33. The smallest absolute Gasteiger partial charge is 0.219 e. The number of nitrogens with two attached hydrogens (primary N) is 1. The average Bonchev–Trinajstić information content (AvgIpc) is 2.72. The van der Waals surface area contributed by atoms with Gasteiger partial charge in [-0.25, -0.2) is 4.99 Å². The van der Waals surface area contributed by atoms with Gasteiger partial charge in [-0.2, -0.15) is 0 Å². The molecular formula is C24H30N4O. The normalized spacial score (nSPS) is 19.4. The van der Waals surface area contributed by atoms with E-state index in [0.29, 0.717) is 12.3 Å². The number of rotatable bonds is 5. The average molecular weight is 391 g/mol. The maximum Gasteiger partial charge on any atom is 0.219 e. The van der Waals surface area contributed by atoms with Crippen molar-refractivity contribution in [2.24, 2.45) is 16.6 Å². The number of amides is 1. The fourth-order valence-corrected chi connectivity index (χ4v) is 4.50. The first-order valence-electron chi connectivity index (χ1n) is 10.7. The van der Waals surface area contributed by atoms with Crippen molar-refractivity contribution >= 4 is 23.2 Å². The van der Waals surface area contributed by atoms with Crippen LogP contribution in [-0.4, -0.2) is 23.3 Å². The van der Waals surface area contributed by atoms with E-state index in [1.165, 1.54) is 37.7 Å². The van der Waals surface area contributed by atoms with E-state index in [4.69, 9.17) is 10.7 Å². The summed E-state index contributed by atoms with van der Waals surface area (Å²) in [7, 11) is 0. The van der Waals surface area contributed by atoms with Crippen molar-refractivity contribution in [3.05, 3.63) is 59.7 Å². The van der Waals surface area contributed by atoms with Crippen molar-refractivity contribution in [3.63, 3.8) is 0 Å². The zero-order valence-corrected chi connectivity index (χ0v) is 17.1. The van der Waals surface area contributed by atoms with Crippen LogP contribution in [0, 0.1) is 12.8 Å². The molecule has 1 atom stereocenters. The number of hydrogen-bond acceptors (Lipinski definition) is 4. The second-order valence-corrected chi connectivity index (χ2v) is 8.33. The van der Waals surface area contributed by atoms with Crippen molar-refractivity contribution < 1.29 is 4.79 Å². The second kappa shape index (κ2) is 8.68. The predicted octanol–water partition coefficient (Wildman–Crippen LogP) is 4.91. The van der Waals surface area contributed by atoms with Gasteiger partial charge in [0, 0.05) is 17.8 Å². The van der Waals surface area contributed by atoms with E-state index in [-0.39, 0.29) is 11.9 Å². The van der Waals surface area contributed by atoms with E-state index in [1.54, 1.807) is 0 Å². The lowest BCUT2D eigenvalue weighted by Gasteiger charge is -2.40. The summed E-state index contributed by atoms with van der Waals surface area (Å²) in [5.74, 6) is 1.15. The first-order valence-corrected chi connectivity index (χ1v) is 10.7. The molecule has 0 saturated heterocycles. The van der Waals surface area contributed by atoms with Gasteiger partial charge in [0.05, 0.1) is 18.2 Å². The first kappa shape index (κ1) is 19.5. The summed E-state index contributed by atoms with van der Waals surface area (Å²) >= 11 is 0. The van der Waals surface area contributed by atoms with Crippen LogP contribution in [0.5, 0.6) is 0 Å². The summed E-state index contributed by atoms with van der Waals surface area (Å²) in [6, 6.07) is 16.3. The fraction of sp³-hybridized carbons (Fsp3) is 0.417. The molecule has 152 valence electrons. The van der Waals surface area contributed by atoms with Crippen LogP contribution in [0.15, 0.2) is 53.5 Å². The van der Waals surface area contributed by atoms with E-state index in [9.17, 15) is 4.79 Å². The lowest BCUT2D eigenvalue weighted by molar-refractivity contribution is -0.119. The Morgan fingerprint density at radius 2 is 1.83 bits per heavy atom. The number of para-hydroxylation sites is 1. The molecule has 1 aliphatic carbocycles. The highest BCUT2D eigenvalue weighted by Gasteiger charge is 2.33. The number of fused-ring (bicyclic) bond motifs is 1. The molecule has 2 aromatic carbocycles. The molecule has 4 rings (SSSR count). The Balaban J connectivity index is 1.69. The largest absolute Gasteiger partial charge is 0.370 e. The van der Waals surface area contributed by atoms with Crippen molar-refractivity contribution in [2.45, 2.75) is 51.5 Å². The third-order valence-electron chi connectivity index (χ3n) is 6.05. The van der Waals surface area contributed by atoms with Crippen LogP contribution in [0.4, 0.5) is 11.4 Å². The number of carbonyl (C=O) groups is 1. The number of anilines is 1. The van der Waals surface area contributed by atoms with Gasteiger partial charge in [0.2, 0.25) is 11.9 Å². The quantitative estimate of drug-likeness (QED) is 0.762. The summed E-state index contributed by atoms with van der Waals surface area (Å²) in [5, 5.41) is 3.52. The maximum absolute atomic E-state index is 12.0. The summed E-state index contributed by atoms with van der Waals surface area (Å²) in [6.07, 6.45) is 6.66. The molecule has 0 aromatic heterocycles. The number of primary amides is 1. The van der Waals surface area contributed by atoms with E-state index in [1.807, 2.05) is 18.2 Å². The Kier molecular flexibility index (Phi) is 5.84. The van der Waals surface area contributed by atoms with Crippen molar-refractivity contribution in [2.75, 3.05) is 11.9 Å². The standard InChI is InChI=1S/C24H30N4O/c1-17-11-13-19(14-12-17)26-24-27-21-10-6-5-9-20(21)22(15-23(25)29)28(24)16-18-7-3-2-4-8-18/h5-6,9-14,18,22H,2-4,7-8,15-16H2,1H3,(H2,25,29)(H,26,27). The van der Waals surface area contributed by atoms with Crippen LogP contribution < -0.4 is 11.1 Å². The van der Waals surface area contributed by atoms with Gasteiger partial charge in [-0.3, -0.25) is 4.79 Å². The summed E-state index contributed by atoms with van der Waals surface area (Å²) in [4.78, 5) is 19.2. The number of aliphatic imine (C=N–C) groups is 1. The van der Waals surface area contributed by atoms with Crippen LogP contribution in [0.2, 0.25) is 0 Å². The molecule has 2 aliphatic rings. The van der Waals surface area contributed by atoms with E-state index < -0.39 is 0 Å². The molecule has 1 saturated carbocycles. The van der Waals surface area contributed by atoms with E-state index >= 15 is 0 Å². The predicted molar refractivity (Wildman–Crippen MR) is 118 cm³/mol. The molecule has 0 spiro atoms. The molecule has 5 heteroatoms. The molecule has 1 heterocycles. The highest BCUT2D eigenvalue weighted by molar-refractivity contribution is 5.97. The topological polar surface area (TPSA) is 70.7 Å². The van der Waals surface area contributed by atoms with Gasteiger partial charge in [0.1, 0.15) is 0 Å². The fourth-order valence-electron chi connectivity index (χ4n) is 4.50. The molecule has 0 bridgehead atoms. The molecule has 3 N–H and O–H groups in total. The van der Waals surface area contributed by atoms with Crippen molar-refractivity contribution in [3.8, 4) is 0 Å². The number of benzene rings is 2. The van der Waals surface area contributed by atoms with Crippen LogP contribution in [0.3, 0.4) is 0 Å². The molecule has 1 aliphatic heterocycles. The van der Waals surface area contributed by atoms with Gasteiger partial charge in [-0.05, 0) is 43.9 Å². The Morgan fingerprint density at radius 1 is 1.10 bits per heavy atom. The lowest BCUT2D eigenvalue weighted by atomic mass is 9.87. The van der Waals surface area contributed by atoms with Crippen LogP contribution in [0.25, 0.3) is 0 Å². The molecule has 0 radical (unpaired) electrons. The summed E-state index contributed by atoms with van der Waals surface area (Å²) < 4.78 is 0. The van der Waals surface area contributed by atoms with Gasteiger partial charge in [0.25, 0.3) is 0 Å². The zero-order valence-electron chi connectivity index (χ0n) is 17.1. The third kappa shape index (κ3) is 4.61. The minimum Gasteiger partial charge on any atom is -0.370 e. The van der Waals surface area contributed by atoms with Gasteiger partial charge < -0.3 is 16.0 Å². The minimum atomic E-state index is -0.282. The molecule has 29 heavy (non-hydrogen) atoms. The van der Waals surface area contributed by atoms with E-state index in [0.717, 1.165) is 29.4 Å². The molecule has 5 nitrogen and oxygen atoms in total. The molecule has 2 aromatic rings. The Hall–Kier alpha value is -2.82. The number of nitrogens with one attached hydrogen (secondary N) is 1. The number of guanidine groups is 1. The number of carbonyl (C=O) groups excluding carboxylic acids is 1. The highest BCUT2D eigenvalue weighted by Crippen LogP contribution is 2.38. The van der Waals surface area contributed by atoms with Crippen LogP contribution in [-0.2, 0) is 4.79 Å². The Morgan fingerprint density at radius 3 is 2.55 bits per heavy atom. The van der Waals surface area contributed by atoms with E-state index in [2.05, 4.69) is 47.5 Å². The highest BCUT2D eigenvalue weighted by atomic mass is 16.1.